The van der Waals surface area contributed by atoms with Crippen LogP contribution in [0.25, 0.3) is 0 Å². The van der Waals surface area contributed by atoms with Gasteiger partial charge in [-0.15, -0.1) is 0 Å². The van der Waals surface area contributed by atoms with Crippen LogP contribution in [0.15, 0.2) is 24.3 Å². The maximum atomic E-state index is 5.18. The normalized spacial score (nSPS) is 12.7. The Kier molecular flexibility index (Phi) is 6.81. The van der Waals surface area contributed by atoms with E-state index in [9.17, 15) is 0 Å². The highest BCUT2D eigenvalue weighted by Crippen LogP contribution is 2.16. The summed E-state index contributed by atoms with van der Waals surface area (Å²) in [6, 6.07) is 8.43. The van der Waals surface area contributed by atoms with Crippen molar-refractivity contribution in [1.82, 2.24) is 5.32 Å². The zero-order valence-corrected chi connectivity index (χ0v) is 12.2. The van der Waals surface area contributed by atoms with Crippen LogP contribution in [-0.2, 0) is 6.42 Å². The van der Waals surface area contributed by atoms with E-state index >= 15 is 0 Å². The van der Waals surface area contributed by atoms with Gasteiger partial charge in [-0.1, -0.05) is 39.3 Å². The zero-order valence-electron chi connectivity index (χ0n) is 12.2. The van der Waals surface area contributed by atoms with Crippen molar-refractivity contribution in [1.29, 1.82) is 0 Å². The Morgan fingerprint density at radius 1 is 1.11 bits per heavy atom. The molecule has 0 aliphatic carbocycles. The summed E-state index contributed by atoms with van der Waals surface area (Å²) in [5.41, 5.74) is 1.40. The van der Waals surface area contributed by atoms with E-state index in [4.69, 9.17) is 4.74 Å². The fourth-order valence-corrected chi connectivity index (χ4v) is 2.03. The first-order chi connectivity index (χ1) is 8.65. The lowest BCUT2D eigenvalue weighted by atomic mass is 9.96. The molecule has 1 N–H and O–H groups in total. The van der Waals surface area contributed by atoms with Gasteiger partial charge in [0.1, 0.15) is 5.75 Å². The number of hydrogen-bond acceptors (Lipinski definition) is 2. The Morgan fingerprint density at radius 3 is 2.28 bits per heavy atom. The molecule has 1 atom stereocenters. The molecule has 1 rings (SSSR count). The Hall–Kier alpha value is -1.02. The fourth-order valence-electron chi connectivity index (χ4n) is 2.03. The van der Waals surface area contributed by atoms with Crippen LogP contribution in [0.1, 0.15) is 32.8 Å². The number of benzene rings is 1. The molecule has 0 saturated carbocycles. The molecular weight excluding hydrogens is 222 g/mol. The lowest BCUT2D eigenvalue weighted by molar-refractivity contribution is 0.413. The van der Waals surface area contributed by atoms with Crippen LogP contribution in [-0.4, -0.2) is 20.2 Å². The van der Waals surface area contributed by atoms with E-state index in [1.165, 1.54) is 12.0 Å². The molecule has 1 aromatic carbocycles. The van der Waals surface area contributed by atoms with Gasteiger partial charge in [0.15, 0.2) is 0 Å². The molecule has 18 heavy (non-hydrogen) atoms. The minimum Gasteiger partial charge on any atom is -0.497 e. The molecule has 0 spiro atoms. The summed E-state index contributed by atoms with van der Waals surface area (Å²) in [5, 5.41) is 3.55. The van der Waals surface area contributed by atoms with Crippen molar-refractivity contribution in [2.75, 3.05) is 20.2 Å². The lowest BCUT2D eigenvalue weighted by Gasteiger charge is -2.17. The first-order valence-electron chi connectivity index (χ1n) is 6.99. The van der Waals surface area contributed by atoms with Crippen LogP contribution in [0.2, 0.25) is 0 Å². The summed E-state index contributed by atoms with van der Waals surface area (Å²) >= 11 is 0. The molecule has 1 aromatic rings. The topological polar surface area (TPSA) is 21.3 Å². The van der Waals surface area contributed by atoms with E-state index in [2.05, 4.69) is 38.2 Å². The van der Waals surface area contributed by atoms with Gasteiger partial charge in [-0.2, -0.15) is 0 Å². The average Bonchev–Trinajstić information content (AvgIpc) is 2.38. The maximum absolute atomic E-state index is 5.18. The molecule has 0 radical (unpaired) electrons. The molecule has 2 heteroatoms. The summed E-state index contributed by atoms with van der Waals surface area (Å²) < 4.78 is 5.18. The number of rotatable bonds is 8. The van der Waals surface area contributed by atoms with Gasteiger partial charge >= 0.3 is 0 Å². The minimum atomic E-state index is 0.720. The van der Waals surface area contributed by atoms with E-state index in [1.54, 1.807) is 7.11 Å². The SMILES string of the molecule is CCC(CNCC(C)C)Cc1ccc(OC)cc1. The predicted molar refractivity (Wildman–Crippen MR) is 78.2 cm³/mol. The second-order valence-corrected chi connectivity index (χ2v) is 5.38. The largest absolute Gasteiger partial charge is 0.497 e. The predicted octanol–water partition coefficient (Wildman–Crippen LogP) is 3.51. The summed E-state index contributed by atoms with van der Waals surface area (Å²) in [7, 11) is 1.71. The van der Waals surface area contributed by atoms with E-state index < -0.39 is 0 Å². The van der Waals surface area contributed by atoms with E-state index in [0.29, 0.717) is 0 Å². The number of ether oxygens (including phenoxy) is 1. The highest BCUT2D eigenvalue weighted by molar-refractivity contribution is 5.27. The van der Waals surface area contributed by atoms with Crippen molar-refractivity contribution < 1.29 is 4.74 Å². The standard InChI is InChI=1S/C16H27NO/c1-5-14(12-17-11-13(2)3)10-15-6-8-16(18-4)9-7-15/h6-9,13-14,17H,5,10-12H2,1-4H3. The molecule has 0 aliphatic heterocycles. The number of nitrogens with one attached hydrogen (secondary N) is 1. The van der Waals surface area contributed by atoms with Crippen molar-refractivity contribution in [2.24, 2.45) is 11.8 Å². The highest BCUT2D eigenvalue weighted by atomic mass is 16.5. The fraction of sp³-hybridized carbons (Fsp3) is 0.625. The van der Waals surface area contributed by atoms with Crippen molar-refractivity contribution in [3.05, 3.63) is 29.8 Å². The minimum absolute atomic E-state index is 0.720. The Labute approximate surface area is 112 Å². The third-order valence-electron chi connectivity index (χ3n) is 3.25. The molecule has 0 fully saturated rings. The van der Waals surface area contributed by atoms with Gasteiger partial charge in [0.05, 0.1) is 7.11 Å². The van der Waals surface area contributed by atoms with Crippen molar-refractivity contribution >= 4 is 0 Å². The van der Waals surface area contributed by atoms with Crippen LogP contribution in [0.5, 0.6) is 5.75 Å². The molecule has 1 unspecified atom stereocenters. The number of methoxy groups -OCH3 is 1. The monoisotopic (exact) mass is 249 g/mol. The second-order valence-electron chi connectivity index (χ2n) is 5.38. The van der Waals surface area contributed by atoms with Gasteiger partial charge in [-0.3, -0.25) is 0 Å². The van der Waals surface area contributed by atoms with Crippen molar-refractivity contribution in [2.45, 2.75) is 33.6 Å². The van der Waals surface area contributed by atoms with Crippen LogP contribution in [0.3, 0.4) is 0 Å². The summed E-state index contributed by atoms with van der Waals surface area (Å²) in [4.78, 5) is 0. The molecule has 0 saturated heterocycles. The van der Waals surface area contributed by atoms with Gasteiger partial charge in [-0.25, -0.2) is 0 Å². The first kappa shape index (κ1) is 15.0. The number of hydrogen-bond donors (Lipinski definition) is 1. The lowest BCUT2D eigenvalue weighted by Crippen LogP contribution is -2.27. The summed E-state index contributed by atoms with van der Waals surface area (Å²) in [6.45, 7) is 8.99. The van der Waals surface area contributed by atoms with E-state index in [-0.39, 0.29) is 0 Å². The summed E-state index contributed by atoms with van der Waals surface area (Å²) in [5.74, 6) is 2.38. The molecule has 0 heterocycles. The third kappa shape index (κ3) is 5.54. The van der Waals surface area contributed by atoms with Gasteiger partial charge in [0.2, 0.25) is 0 Å². The van der Waals surface area contributed by atoms with Crippen molar-refractivity contribution in [3.63, 3.8) is 0 Å². The van der Waals surface area contributed by atoms with Crippen LogP contribution >= 0.6 is 0 Å². The van der Waals surface area contributed by atoms with Gasteiger partial charge in [-0.05, 0) is 49.0 Å². The Bertz CT molecular complexity index is 318. The molecule has 0 amide bonds. The van der Waals surface area contributed by atoms with Gasteiger partial charge in [0.25, 0.3) is 0 Å². The quantitative estimate of drug-likeness (QED) is 0.761. The Balaban J connectivity index is 2.41. The maximum Gasteiger partial charge on any atom is 0.118 e. The zero-order chi connectivity index (χ0) is 13.4. The Morgan fingerprint density at radius 2 is 1.78 bits per heavy atom. The summed E-state index contributed by atoms with van der Waals surface area (Å²) in [6.07, 6.45) is 2.36. The first-order valence-corrected chi connectivity index (χ1v) is 6.99. The van der Waals surface area contributed by atoms with E-state index in [0.717, 1.165) is 37.1 Å². The van der Waals surface area contributed by atoms with Gasteiger partial charge in [0, 0.05) is 0 Å². The van der Waals surface area contributed by atoms with Crippen molar-refractivity contribution in [3.8, 4) is 5.75 Å². The molecule has 0 aromatic heterocycles. The highest BCUT2D eigenvalue weighted by Gasteiger charge is 2.07. The molecule has 102 valence electrons. The van der Waals surface area contributed by atoms with Crippen LogP contribution in [0, 0.1) is 11.8 Å². The molecular formula is C16H27NO. The smallest absolute Gasteiger partial charge is 0.118 e. The average molecular weight is 249 g/mol. The molecule has 0 bridgehead atoms. The van der Waals surface area contributed by atoms with Crippen LogP contribution in [0.4, 0.5) is 0 Å². The molecule has 0 aliphatic rings. The molecule has 2 nitrogen and oxygen atoms in total. The van der Waals surface area contributed by atoms with E-state index in [1.807, 2.05) is 12.1 Å². The second kappa shape index (κ2) is 8.15. The van der Waals surface area contributed by atoms with Crippen LogP contribution < -0.4 is 10.1 Å². The van der Waals surface area contributed by atoms with Gasteiger partial charge < -0.3 is 10.1 Å². The third-order valence-corrected chi connectivity index (χ3v) is 3.25.